The fourth-order valence-electron chi connectivity index (χ4n) is 1.58. The average Bonchev–Trinajstić information content (AvgIpc) is 3.02. The number of thioether (sulfide) groups is 1. The second-order valence-electron chi connectivity index (χ2n) is 4.60. The van der Waals surface area contributed by atoms with Crippen molar-refractivity contribution in [2.24, 2.45) is 5.73 Å². The molecule has 2 aromatic rings. The van der Waals surface area contributed by atoms with Crippen molar-refractivity contribution in [2.45, 2.75) is 19.4 Å². The Hall–Kier alpha value is -1.69. The van der Waals surface area contributed by atoms with Gasteiger partial charge in [-0.15, -0.1) is 0 Å². The molecule has 0 radical (unpaired) electrons. The van der Waals surface area contributed by atoms with Crippen molar-refractivity contribution in [1.29, 1.82) is 0 Å². The Bertz CT molecular complexity index is 690. The number of nitrogens with one attached hydrogen (secondary N) is 3. The van der Waals surface area contributed by atoms with Gasteiger partial charge in [0.05, 0.1) is 19.0 Å². The number of aromatic nitrogens is 4. The van der Waals surface area contributed by atoms with E-state index >= 15 is 0 Å². The van der Waals surface area contributed by atoms with Crippen LogP contribution in [0.25, 0.3) is 11.2 Å². The number of H-pyrrole nitrogens is 2. The Kier molecular flexibility index (Phi) is 9.30. The van der Waals surface area contributed by atoms with Crippen LogP contribution < -0.4 is 16.6 Å². The van der Waals surface area contributed by atoms with Gasteiger partial charge in [0.2, 0.25) is 5.95 Å². The summed E-state index contributed by atoms with van der Waals surface area (Å²) in [6, 6.07) is -0.311. The molecule has 0 aliphatic heterocycles. The Morgan fingerprint density at radius 3 is 2.96 bits per heavy atom. The third kappa shape index (κ3) is 6.83. The standard InChI is InChI=1S/C7H9N5O2.C6H13NOS2/c13-2-1-8-7-11-5-4(6(14)12-7)9-3-10-5;1-2-10-4-3-5(7)6(8)9/h3,13H,1-2H2,(H3,8,9,10,11,12,14);5H,2-4,7H2,1H3,(H,8,9)/t;5-/m.0/s1. The van der Waals surface area contributed by atoms with Gasteiger partial charge >= 0.3 is 0 Å². The molecule has 2 heterocycles. The second kappa shape index (κ2) is 11.0. The average molecular weight is 374 g/mol. The first-order valence-electron chi connectivity index (χ1n) is 7.33. The van der Waals surface area contributed by atoms with Crippen LogP contribution in [0.3, 0.4) is 0 Å². The second-order valence-corrected chi connectivity index (χ2v) is 6.41. The van der Waals surface area contributed by atoms with Gasteiger partial charge in [0.15, 0.2) is 16.2 Å². The lowest BCUT2D eigenvalue weighted by Gasteiger charge is -2.06. The molecular weight excluding hydrogens is 352 g/mol. The quantitative estimate of drug-likeness (QED) is 0.284. The number of thiocarbonyl (C=S) groups is 1. The molecular formula is C13H22N6O3S2. The van der Waals surface area contributed by atoms with Crippen molar-refractivity contribution in [3.8, 4) is 0 Å². The van der Waals surface area contributed by atoms with Gasteiger partial charge in [-0.25, -0.2) is 4.98 Å². The molecule has 1 atom stereocenters. The van der Waals surface area contributed by atoms with E-state index in [0.717, 1.165) is 17.9 Å². The minimum Gasteiger partial charge on any atom is -0.501 e. The molecule has 0 amide bonds. The first-order valence-corrected chi connectivity index (χ1v) is 8.90. The molecule has 0 saturated heterocycles. The summed E-state index contributed by atoms with van der Waals surface area (Å²) in [5.41, 5.74) is 5.87. The lowest BCUT2D eigenvalue weighted by Crippen LogP contribution is -2.29. The van der Waals surface area contributed by atoms with E-state index in [1.807, 2.05) is 0 Å². The van der Waals surface area contributed by atoms with E-state index in [2.05, 4.69) is 44.4 Å². The Labute approximate surface area is 148 Å². The number of anilines is 1. The van der Waals surface area contributed by atoms with Crippen LogP contribution in [0.4, 0.5) is 5.95 Å². The Morgan fingerprint density at radius 2 is 2.33 bits per heavy atom. The normalized spacial score (nSPS) is 11.6. The van der Waals surface area contributed by atoms with Gasteiger partial charge in [-0.3, -0.25) is 9.78 Å². The molecule has 2 aromatic heterocycles. The lowest BCUT2D eigenvalue weighted by atomic mass is 10.3. The molecule has 0 aromatic carbocycles. The highest BCUT2D eigenvalue weighted by atomic mass is 32.2. The van der Waals surface area contributed by atoms with Crippen molar-refractivity contribution in [1.82, 2.24) is 19.9 Å². The summed E-state index contributed by atoms with van der Waals surface area (Å²) in [5.74, 6) is 2.37. The SMILES string of the molecule is CCSCC[C@H](N)C(O)=S.O=c1[nH]c(NCCO)nc2nc[nH]c12. The number of hydrogen-bond acceptors (Lipinski definition) is 8. The van der Waals surface area contributed by atoms with Gasteiger partial charge in [-0.2, -0.15) is 16.7 Å². The van der Waals surface area contributed by atoms with Crippen LogP contribution in [-0.4, -0.2) is 65.9 Å². The minimum atomic E-state index is -0.311. The molecule has 9 nitrogen and oxygen atoms in total. The number of aliphatic hydroxyl groups is 2. The zero-order valence-corrected chi connectivity index (χ0v) is 14.9. The summed E-state index contributed by atoms with van der Waals surface area (Å²) in [5, 5.41) is 20.0. The van der Waals surface area contributed by atoms with Crippen molar-refractivity contribution >= 4 is 46.1 Å². The molecule has 0 bridgehead atoms. The molecule has 0 unspecified atom stereocenters. The molecule has 0 aliphatic carbocycles. The number of fused-ring (bicyclic) bond motifs is 1. The van der Waals surface area contributed by atoms with Crippen LogP contribution in [0.1, 0.15) is 13.3 Å². The minimum absolute atomic E-state index is 0.0255. The zero-order valence-electron chi connectivity index (χ0n) is 13.3. The number of aromatic amines is 2. The predicted molar refractivity (Wildman–Crippen MR) is 101 cm³/mol. The predicted octanol–water partition coefficient (Wildman–Crippen LogP) is 0.393. The summed E-state index contributed by atoms with van der Waals surface area (Å²) in [6.07, 6.45) is 2.18. The molecule has 7 N–H and O–H groups in total. The number of aliphatic hydroxyl groups excluding tert-OH is 2. The van der Waals surface area contributed by atoms with Gasteiger partial charge in [-0.1, -0.05) is 6.92 Å². The van der Waals surface area contributed by atoms with E-state index in [-0.39, 0.29) is 23.3 Å². The topological polar surface area (TPSA) is 153 Å². The van der Waals surface area contributed by atoms with Gasteiger partial charge in [0.1, 0.15) is 0 Å². The molecule has 0 spiro atoms. The number of rotatable bonds is 8. The summed E-state index contributed by atoms with van der Waals surface area (Å²) in [7, 11) is 0. The van der Waals surface area contributed by atoms with Crippen LogP contribution >= 0.6 is 24.0 Å². The number of nitrogens with two attached hydrogens (primary N) is 1. The first kappa shape index (κ1) is 20.4. The van der Waals surface area contributed by atoms with Gasteiger partial charge < -0.3 is 26.2 Å². The highest BCUT2D eigenvalue weighted by Crippen LogP contribution is 2.03. The highest BCUT2D eigenvalue weighted by Gasteiger charge is 2.05. The van der Waals surface area contributed by atoms with E-state index in [1.165, 1.54) is 6.33 Å². The van der Waals surface area contributed by atoms with Crippen LogP contribution in [-0.2, 0) is 0 Å². The summed E-state index contributed by atoms with van der Waals surface area (Å²) in [4.78, 5) is 24.4. The Morgan fingerprint density at radius 1 is 1.58 bits per heavy atom. The monoisotopic (exact) mass is 374 g/mol. The van der Waals surface area contributed by atoms with Crippen LogP contribution in [0.5, 0.6) is 0 Å². The first-order chi connectivity index (χ1) is 11.5. The van der Waals surface area contributed by atoms with Crippen molar-refractivity contribution < 1.29 is 10.2 Å². The van der Waals surface area contributed by atoms with E-state index in [4.69, 9.17) is 15.9 Å². The van der Waals surface area contributed by atoms with Crippen molar-refractivity contribution in [3.63, 3.8) is 0 Å². The maximum atomic E-state index is 11.4. The summed E-state index contributed by atoms with van der Waals surface area (Å²) >= 11 is 6.29. The summed E-state index contributed by atoms with van der Waals surface area (Å²) < 4.78 is 0. The van der Waals surface area contributed by atoms with Crippen LogP contribution in [0, 0.1) is 0 Å². The third-order valence-corrected chi connectivity index (χ3v) is 4.03. The third-order valence-electron chi connectivity index (χ3n) is 2.79. The lowest BCUT2D eigenvalue weighted by molar-refractivity contribution is 0.311. The van der Waals surface area contributed by atoms with Gasteiger partial charge in [0, 0.05) is 6.54 Å². The fraction of sp³-hybridized carbons (Fsp3) is 0.538. The molecule has 0 aliphatic rings. The smallest absolute Gasteiger partial charge is 0.278 e. The van der Waals surface area contributed by atoms with Crippen LogP contribution in [0.2, 0.25) is 0 Å². The van der Waals surface area contributed by atoms with Crippen molar-refractivity contribution in [3.05, 3.63) is 16.7 Å². The van der Waals surface area contributed by atoms with E-state index in [0.29, 0.717) is 23.7 Å². The number of imidazole rings is 1. The van der Waals surface area contributed by atoms with E-state index in [1.54, 1.807) is 11.8 Å². The molecule has 11 heteroatoms. The van der Waals surface area contributed by atoms with E-state index < -0.39 is 0 Å². The van der Waals surface area contributed by atoms with Crippen LogP contribution in [0.15, 0.2) is 11.1 Å². The molecule has 134 valence electrons. The van der Waals surface area contributed by atoms with Gasteiger partial charge in [0.25, 0.3) is 5.56 Å². The molecule has 24 heavy (non-hydrogen) atoms. The number of nitrogens with zero attached hydrogens (tertiary/aromatic N) is 2. The molecule has 0 saturated carbocycles. The molecule has 2 rings (SSSR count). The molecule has 0 fully saturated rings. The maximum Gasteiger partial charge on any atom is 0.278 e. The number of hydrogen-bond donors (Lipinski definition) is 6. The Balaban J connectivity index is 0.000000257. The fourth-order valence-corrected chi connectivity index (χ4v) is 2.41. The largest absolute Gasteiger partial charge is 0.501 e. The van der Waals surface area contributed by atoms with Crippen molar-refractivity contribution in [2.75, 3.05) is 30.0 Å². The van der Waals surface area contributed by atoms with E-state index in [9.17, 15) is 4.79 Å². The zero-order chi connectivity index (χ0) is 17.9. The maximum absolute atomic E-state index is 11.4. The van der Waals surface area contributed by atoms with Gasteiger partial charge in [-0.05, 0) is 30.1 Å². The highest BCUT2D eigenvalue weighted by molar-refractivity contribution is 7.99. The summed E-state index contributed by atoms with van der Waals surface area (Å²) in [6.45, 7) is 2.40.